The Morgan fingerprint density at radius 2 is 1.94 bits per heavy atom. The van der Waals surface area contributed by atoms with E-state index in [0.717, 1.165) is 6.21 Å². The Kier molecular flexibility index (Phi) is 3.65. The number of nitro benzene ring substituents is 1. The molecule has 16 heavy (non-hydrogen) atoms. The molecule has 1 aromatic carbocycles. The predicted molar refractivity (Wildman–Crippen MR) is 55.6 cm³/mol. The van der Waals surface area contributed by atoms with E-state index in [4.69, 9.17) is 14.7 Å². The highest BCUT2D eigenvalue weighted by atomic mass is 16.6. The van der Waals surface area contributed by atoms with E-state index in [9.17, 15) is 10.1 Å². The summed E-state index contributed by atoms with van der Waals surface area (Å²) in [6.45, 7) is 0. The van der Waals surface area contributed by atoms with Gasteiger partial charge in [0.1, 0.15) is 11.3 Å². The topological polar surface area (TPSA) is 94.2 Å². The Morgan fingerprint density at radius 3 is 2.38 bits per heavy atom. The lowest BCUT2D eigenvalue weighted by atomic mass is 10.1. The lowest BCUT2D eigenvalue weighted by molar-refractivity contribution is -0.385. The normalized spacial score (nSPS) is 10.4. The molecule has 1 N–H and O–H groups in total. The zero-order chi connectivity index (χ0) is 12.1. The van der Waals surface area contributed by atoms with Gasteiger partial charge in [0.05, 0.1) is 25.4 Å². The van der Waals surface area contributed by atoms with Crippen LogP contribution in [0, 0.1) is 10.1 Å². The molecule has 0 aliphatic heterocycles. The molecule has 0 heterocycles. The molecule has 0 atom stereocenters. The van der Waals surface area contributed by atoms with Crippen LogP contribution >= 0.6 is 0 Å². The largest absolute Gasteiger partial charge is 0.496 e. The van der Waals surface area contributed by atoms with Crippen LogP contribution in [0.2, 0.25) is 0 Å². The smallest absolute Gasteiger partial charge is 0.323 e. The van der Waals surface area contributed by atoms with Crippen LogP contribution in [0.25, 0.3) is 0 Å². The molecule has 0 aliphatic carbocycles. The number of benzene rings is 1. The molecule has 1 aromatic rings. The third kappa shape index (κ3) is 2.02. The van der Waals surface area contributed by atoms with E-state index in [0.29, 0.717) is 0 Å². The van der Waals surface area contributed by atoms with Crippen LogP contribution in [0.4, 0.5) is 5.69 Å². The van der Waals surface area contributed by atoms with Gasteiger partial charge in [-0.1, -0.05) is 5.16 Å². The van der Waals surface area contributed by atoms with E-state index in [1.165, 1.54) is 26.4 Å². The van der Waals surface area contributed by atoms with Crippen LogP contribution in [-0.4, -0.2) is 30.6 Å². The Hall–Kier alpha value is -2.31. The number of hydrogen-bond donors (Lipinski definition) is 1. The van der Waals surface area contributed by atoms with Gasteiger partial charge in [0.2, 0.25) is 0 Å². The molecule has 7 nitrogen and oxygen atoms in total. The van der Waals surface area contributed by atoms with Gasteiger partial charge in [-0.2, -0.15) is 0 Å². The second-order valence-corrected chi connectivity index (χ2v) is 2.73. The van der Waals surface area contributed by atoms with Gasteiger partial charge in [-0.05, 0) is 12.1 Å². The molecule has 0 bridgehead atoms. The molecule has 0 amide bonds. The first kappa shape index (κ1) is 11.8. The average Bonchev–Trinajstić information content (AvgIpc) is 2.28. The summed E-state index contributed by atoms with van der Waals surface area (Å²) in [4.78, 5) is 10.2. The Morgan fingerprint density at radius 1 is 1.38 bits per heavy atom. The van der Waals surface area contributed by atoms with Crippen molar-refractivity contribution in [3.63, 3.8) is 0 Å². The summed E-state index contributed by atoms with van der Waals surface area (Å²) in [7, 11) is 2.68. The maximum atomic E-state index is 10.9. The summed E-state index contributed by atoms with van der Waals surface area (Å²) in [6, 6.07) is 2.90. The third-order valence-electron chi connectivity index (χ3n) is 1.95. The first-order chi connectivity index (χ1) is 7.65. The average molecular weight is 226 g/mol. The van der Waals surface area contributed by atoms with Gasteiger partial charge < -0.3 is 14.7 Å². The summed E-state index contributed by atoms with van der Waals surface area (Å²) in [5.74, 6) is 0.297. The summed E-state index contributed by atoms with van der Waals surface area (Å²) in [5, 5.41) is 22.1. The molecular weight excluding hydrogens is 216 g/mol. The Bertz CT molecular complexity index is 430. The number of rotatable bonds is 4. The maximum Gasteiger partial charge on any atom is 0.323 e. The summed E-state index contributed by atoms with van der Waals surface area (Å²) >= 11 is 0. The monoisotopic (exact) mass is 226 g/mol. The zero-order valence-corrected chi connectivity index (χ0v) is 8.71. The summed E-state index contributed by atoms with van der Waals surface area (Å²) < 4.78 is 9.78. The van der Waals surface area contributed by atoms with Gasteiger partial charge in [-0.25, -0.2) is 0 Å². The molecule has 86 valence electrons. The number of hydrogen-bond acceptors (Lipinski definition) is 6. The van der Waals surface area contributed by atoms with Gasteiger partial charge in [0.15, 0.2) is 5.75 Å². The lowest BCUT2D eigenvalue weighted by Crippen LogP contribution is -2.01. The zero-order valence-electron chi connectivity index (χ0n) is 8.71. The molecule has 0 aromatic heterocycles. The second-order valence-electron chi connectivity index (χ2n) is 2.73. The first-order valence-electron chi connectivity index (χ1n) is 4.22. The highest BCUT2D eigenvalue weighted by Gasteiger charge is 2.23. The van der Waals surface area contributed by atoms with E-state index >= 15 is 0 Å². The minimum absolute atomic E-state index is 0.0503. The molecule has 0 radical (unpaired) electrons. The van der Waals surface area contributed by atoms with Gasteiger partial charge in [0.25, 0.3) is 0 Å². The predicted octanol–water partition coefficient (Wildman–Crippen LogP) is 1.42. The van der Waals surface area contributed by atoms with Crippen LogP contribution in [0.15, 0.2) is 17.3 Å². The minimum Gasteiger partial charge on any atom is -0.496 e. The van der Waals surface area contributed by atoms with Crippen molar-refractivity contribution in [2.24, 2.45) is 5.16 Å². The molecule has 0 unspecified atom stereocenters. The number of ether oxygens (including phenoxy) is 2. The fourth-order valence-corrected chi connectivity index (χ4v) is 1.28. The van der Waals surface area contributed by atoms with Gasteiger partial charge in [0, 0.05) is 0 Å². The van der Waals surface area contributed by atoms with E-state index in [1.54, 1.807) is 0 Å². The van der Waals surface area contributed by atoms with Crippen molar-refractivity contribution >= 4 is 11.9 Å². The molecule has 0 saturated carbocycles. The first-order valence-corrected chi connectivity index (χ1v) is 4.22. The van der Waals surface area contributed by atoms with E-state index in [1.807, 2.05) is 0 Å². The highest BCUT2D eigenvalue weighted by molar-refractivity contribution is 5.90. The van der Waals surface area contributed by atoms with Crippen molar-refractivity contribution in [2.75, 3.05) is 14.2 Å². The molecule has 1 rings (SSSR count). The second kappa shape index (κ2) is 4.96. The quantitative estimate of drug-likeness (QED) is 0.362. The van der Waals surface area contributed by atoms with Crippen LogP contribution in [0.5, 0.6) is 11.5 Å². The van der Waals surface area contributed by atoms with Crippen molar-refractivity contribution in [1.82, 2.24) is 0 Å². The minimum atomic E-state index is -0.627. The van der Waals surface area contributed by atoms with Gasteiger partial charge in [-0.15, -0.1) is 0 Å². The molecule has 0 saturated heterocycles. The molecule has 0 aliphatic rings. The van der Waals surface area contributed by atoms with E-state index in [-0.39, 0.29) is 22.7 Å². The van der Waals surface area contributed by atoms with Crippen molar-refractivity contribution in [1.29, 1.82) is 0 Å². The molecule has 0 spiro atoms. The van der Waals surface area contributed by atoms with Crippen molar-refractivity contribution in [3.05, 3.63) is 27.8 Å². The van der Waals surface area contributed by atoms with Crippen LogP contribution < -0.4 is 9.47 Å². The number of nitro groups is 1. The fraction of sp³-hybridized carbons (Fsp3) is 0.222. The van der Waals surface area contributed by atoms with Gasteiger partial charge >= 0.3 is 5.69 Å². The molecule has 0 fully saturated rings. The molecule has 7 heteroatoms. The lowest BCUT2D eigenvalue weighted by Gasteiger charge is -2.07. The third-order valence-corrected chi connectivity index (χ3v) is 1.95. The van der Waals surface area contributed by atoms with E-state index in [2.05, 4.69) is 5.16 Å². The van der Waals surface area contributed by atoms with Crippen LogP contribution in [0.3, 0.4) is 0 Å². The number of oxime groups is 1. The van der Waals surface area contributed by atoms with Crippen molar-refractivity contribution in [3.8, 4) is 11.5 Å². The summed E-state index contributed by atoms with van der Waals surface area (Å²) in [5.41, 5.74) is -0.256. The number of nitrogens with zero attached hydrogens (tertiary/aromatic N) is 2. The van der Waals surface area contributed by atoms with E-state index < -0.39 is 4.92 Å². The van der Waals surface area contributed by atoms with Crippen LogP contribution in [-0.2, 0) is 0 Å². The van der Waals surface area contributed by atoms with Crippen LogP contribution in [0.1, 0.15) is 5.56 Å². The number of methoxy groups -OCH3 is 2. The summed E-state index contributed by atoms with van der Waals surface area (Å²) in [6.07, 6.45) is 0.930. The van der Waals surface area contributed by atoms with Gasteiger partial charge in [-0.3, -0.25) is 10.1 Å². The Labute approximate surface area is 91.0 Å². The van der Waals surface area contributed by atoms with Crippen molar-refractivity contribution in [2.45, 2.75) is 0 Å². The fourth-order valence-electron chi connectivity index (χ4n) is 1.28. The van der Waals surface area contributed by atoms with Crippen molar-refractivity contribution < 1.29 is 19.6 Å². The Balaban J connectivity index is 3.52. The molecular formula is C9H10N2O5. The highest BCUT2D eigenvalue weighted by Crippen LogP contribution is 2.35. The standard InChI is InChI=1S/C9H10N2O5/c1-15-7-3-4-8(16-2)9(11(13)14)6(7)5-10-12/h3-5,12H,1-2H3/b10-5+. The SMILES string of the molecule is COc1ccc(OC)c([N+](=O)[O-])c1/C=N/O. The maximum absolute atomic E-state index is 10.9.